The lowest BCUT2D eigenvalue weighted by atomic mass is 10.7. The topological polar surface area (TPSA) is 47.3 Å². The predicted octanol–water partition coefficient (Wildman–Crippen LogP) is -0.763. The fourth-order valence-electron chi connectivity index (χ4n) is 0.608. The highest BCUT2D eigenvalue weighted by Gasteiger charge is 2.35. The molecule has 0 amide bonds. The lowest BCUT2D eigenvalue weighted by Gasteiger charge is -1.91. The van der Waals surface area contributed by atoms with Crippen LogP contribution in [0.15, 0.2) is 0 Å². The van der Waals surface area contributed by atoms with Gasteiger partial charge in [-0.1, -0.05) is 0 Å². The fourth-order valence-corrected chi connectivity index (χ4v) is 0.608. The molecular formula is C4H10N2O. The molecule has 0 aromatic carbocycles. The van der Waals surface area contributed by atoms with Gasteiger partial charge in [-0.15, -0.1) is 0 Å². The maximum atomic E-state index is 5.07. The zero-order valence-corrected chi connectivity index (χ0v) is 4.35. The summed E-state index contributed by atoms with van der Waals surface area (Å²) in [7, 11) is 1.70. The third kappa shape index (κ3) is 0.907. The summed E-state index contributed by atoms with van der Waals surface area (Å²) in [5.41, 5.74) is 2.61. The summed E-state index contributed by atoms with van der Waals surface area (Å²) in [6, 6.07) is 0.421. The molecule has 0 saturated heterocycles. The summed E-state index contributed by atoms with van der Waals surface area (Å²) in [6.45, 7) is 0. The molecule has 0 aliphatic heterocycles. The first-order valence-electron chi connectivity index (χ1n) is 2.37. The van der Waals surface area contributed by atoms with Crippen LogP contribution in [0.5, 0.6) is 0 Å². The Kier molecular flexibility index (Phi) is 1.27. The van der Waals surface area contributed by atoms with E-state index >= 15 is 0 Å². The van der Waals surface area contributed by atoms with Gasteiger partial charge in [0.15, 0.2) is 0 Å². The van der Waals surface area contributed by atoms with Gasteiger partial charge in [-0.25, -0.2) is 0 Å². The molecule has 1 rings (SSSR count). The van der Waals surface area contributed by atoms with Crippen LogP contribution < -0.4 is 11.3 Å². The largest absolute Gasteiger partial charge is 0.380 e. The number of rotatable bonds is 2. The van der Waals surface area contributed by atoms with Gasteiger partial charge in [-0.2, -0.15) is 0 Å². The molecule has 3 nitrogen and oxygen atoms in total. The van der Waals surface area contributed by atoms with Gasteiger partial charge in [0.25, 0.3) is 0 Å². The molecule has 42 valence electrons. The molecule has 0 aromatic rings. The Labute approximate surface area is 42.8 Å². The Morgan fingerprint density at radius 1 is 1.86 bits per heavy atom. The molecule has 0 aromatic heterocycles. The van der Waals surface area contributed by atoms with Gasteiger partial charge in [-0.3, -0.25) is 11.3 Å². The minimum atomic E-state index is 0.380. The second-order valence-electron chi connectivity index (χ2n) is 1.78. The average Bonchev–Trinajstić information content (AvgIpc) is 2.43. The molecule has 2 unspecified atom stereocenters. The Bertz CT molecular complexity index is 58.7. The molecule has 1 saturated carbocycles. The first-order chi connectivity index (χ1) is 3.38. The van der Waals surface area contributed by atoms with Gasteiger partial charge in [0.05, 0.1) is 6.10 Å². The number of hydrogen-bond donors (Lipinski definition) is 2. The minimum Gasteiger partial charge on any atom is -0.380 e. The first-order valence-corrected chi connectivity index (χ1v) is 2.37. The van der Waals surface area contributed by atoms with Crippen molar-refractivity contribution in [3.63, 3.8) is 0 Å². The maximum absolute atomic E-state index is 5.07. The van der Waals surface area contributed by atoms with Gasteiger partial charge in [0.2, 0.25) is 0 Å². The van der Waals surface area contributed by atoms with E-state index < -0.39 is 0 Å². The van der Waals surface area contributed by atoms with Crippen LogP contribution in [-0.2, 0) is 4.74 Å². The average molecular weight is 102 g/mol. The van der Waals surface area contributed by atoms with Crippen molar-refractivity contribution in [3.05, 3.63) is 0 Å². The first kappa shape index (κ1) is 5.03. The molecule has 0 radical (unpaired) electrons. The van der Waals surface area contributed by atoms with E-state index in [0.29, 0.717) is 12.1 Å². The van der Waals surface area contributed by atoms with Crippen LogP contribution in [0.1, 0.15) is 6.42 Å². The zero-order valence-electron chi connectivity index (χ0n) is 4.35. The van der Waals surface area contributed by atoms with E-state index in [-0.39, 0.29) is 0 Å². The minimum absolute atomic E-state index is 0.380. The van der Waals surface area contributed by atoms with Gasteiger partial charge in [0, 0.05) is 13.2 Å². The summed E-state index contributed by atoms with van der Waals surface area (Å²) < 4.78 is 4.92. The lowest BCUT2D eigenvalue weighted by Crippen LogP contribution is -2.27. The molecule has 2 atom stereocenters. The third-order valence-electron chi connectivity index (χ3n) is 1.25. The summed E-state index contributed by atoms with van der Waals surface area (Å²) >= 11 is 0. The van der Waals surface area contributed by atoms with E-state index in [2.05, 4.69) is 5.43 Å². The zero-order chi connectivity index (χ0) is 5.28. The lowest BCUT2D eigenvalue weighted by molar-refractivity contribution is 0.174. The molecule has 7 heavy (non-hydrogen) atoms. The molecule has 0 bridgehead atoms. The Morgan fingerprint density at radius 3 is 2.71 bits per heavy atom. The predicted molar refractivity (Wildman–Crippen MR) is 26.5 cm³/mol. The molecule has 0 spiro atoms. The van der Waals surface area contributed by atoms with Gasteiger partial charge in [0.1, 0.15) is 0 Å². The smallest absolute Gasteiger partial charge is 0.0755 e. The fraction of sp³-hybridized carbons (Fsp3) is 1.00. The van der Waals surface area contributed by atoms with Crippen molar-refractivity contribution in [2.75, 3.05) is 7.11 Å². The molecule has 1 aliphatic rings. The normalized spacial score (nSPS) is 38.6. The molecule has 1 aliphatic carbocycles. The molecule has 0 heterocycles. The van der Waals surface area contributed by atoms with E-state index in [0.717, 1.165) is 6.42 Å². The van der Waals surface area contributed by atoms with E-state index in [9.17, 15) is 0 Å². The quantitative estimate of drug-likeness (QED) is 0.356. The second-order valence-corrected chi connectivity index (χ2v) is 1.78. The molecule has 3 N–H and O–H groups in total. The summed E-state index contributed by atoms with van der Waals surface area (Å²) in [6.07, 6.45) is 1.44. The van der Waals surface area contributed by atoms with Crippen LogP contribution in [0.25, 0.3) is 0 Å². The standard InChI is InChI=1S/C4H10N2O/c1-7-4-2-3(4)6-5/h3-4,6H,2,5H2,1H3. The van der Waals surface area contributed by atoms with Crippen LogP contribution in [-0.4, -0.2) is 19.3 Å². The molecular weight excluding hydrogens is 92.1 g/mol. The van der Waals surface area contributed by atoms with Crippen molar-refractivity contribution in [2.45, 2.75) is 18.6 Å². The Hall–Kier alpha value is -0.120. The van der Waals surface area contributed by atoms with Crippen molar-refractivity contribution >= 4 is 0 Å². The number of nitrogens with one attached hydrogen (secondary N) is 1. The van der Waals surface area contributed by atoms with Crippen molar-refractivity contribution in [1.82, 2.24) is 5.43 Å². The second kappa shape index (κ2) is 1.78. The van der Waals surface area contributed by atoms with E-state index in [1.807, 2.05) is 0 Å². The monoisotopic (exact) mass is 102 g/mol. The summed E-state index contributed by atoms with van der Waals surface area (Å²) in [5, 5.41) is 0. The van der Waals surface area contributed by atoms with Crippen molar-refractivity contribution in [3.8, 4) is 0 Å². The van der Waals surface area contributed by atoms with E-state index in [1.54, 1.807) is 7.11 Å². The Morgan fingerprint density at radius 2 is 2.57 bits per heavy atom. The highest BCUT2D eigenvalue weighted by atomic mass is 16.5. The van der Waals surface area contributed by atoms with Gasteiger partial charge >= 0.3 is 0 Å². The van der Waals surface area contributed by atoms with Gasteiger partial charge < -0.3 is 4.74 Å². The highest BCUT2D eigenvalue weighted by molar-refractivity contribution is 4.92. The maximum Gasteiger partial charge on any atom is 0.0755 e. The highest BCUT2D eigenvalue weighted by Crippen LogP contribution is 2.22. The molecule has 1 fully saturated rings. The number of ether oxygens (including phenoxy) is 1. The van der Waals surface area contributed by atoms with Crippen molar-refractivity contribution < 1.29 is 4.74 Å². The van der Waals surface area contributed by atoms with Crippen LogP contribution >= 0.6 is 0 Å². The van der Waals surface area contributed by atoms with Crippen LogP contribution in [0.2, 0.25) is 0 Å². The van der Waals surface area contributed by atoms with Crippen molar-refractivity contribution in [1.29, 1.82) is 0 Å². The number of nitrogens with two attached hydrogens (primary N) is 1. The van der Waals surface area contributed by atoms with Crippen LogP contribution in [0.3, 0.4) is 0 Å². The Balaban J connectivity index is 2.06. The van der Waals surface area contributed by atoms with Gasteiger partial charge in [-0.05, 0) is 6.42 Å². The number of hydrazine groups is 1. The SMILES string of the molecule is COC1CC1NN. The van der Waals surface area contributed by atoms with Crippen LogP contribution in [0, 0.1) is 0 Å². The van der Waals surface area contributed by atoms with E-state index in [4.69, 9.17) is 10.6 Å². The molecule has 3 heteroatoms. The summed E-state index contributed by atoms with van der Waals surface area (Å²) in [5.74, 6) is 5.07. The van der Waals surface area contributed by atoms with Crippen molar-refractivity contribution in [2.24, 2.45) is 5.84 Å². The summed E-state index contributed by atoms with van der Waals surface area (Å²) in [4.78, 5) is 0. The van der Waals surface area contributed by atoms with Crippen LogP contribution in [0.4, 0.5) is 0 Å². The van der Waals surface area contributed by atoms with E-state index in [1.165, 1.54) is 0 Å². The third-order valence-corrected chi connectivity index (χ3v) is 1.25. The number of methoxy groups -OCH3 is 1. The number of hydrogen-bond acceptors (Lipinski definition) is 3.